The lowest BCUT2D eigenvalue weighted by atomic mass is 9.98. The van der Waals surface area contributed by atoms with Crippen molar-refractivity contribution in [1.82, 2.24) is 4.57 Å². The molecule has 0 aliphatic heterocycles. The summed E-state index contributed by atoms with van der Waals surface area (Å²) in [5.74, 6) is 0. The quantitative estimate of drug-likeness (QED) is 0.181. The standard InChI is InChI=1S/C50H32N2O/c1-2-13-36(14-3-1)52-47-19-8-6-16-43(47)46-28-23-35-31-38(26-29-42(35)50(46)52)51(39-27-30-45-44-17-7-9-20-48(44)53-49(45)32-39)37-24-21-34(22-25-37)41-18-10-12-33-11-4-5-15-40(33)41/h1-32H. The topological polar surface area (TPSA) is 21.3 Å². The van der Waals surface area contributed by atoms with E-state index in [0.717, 1.165) is 44.7 Å². The number of benzene rings is 9. The summed E-state index contributed by atoms with van der Waals surface area (Å²) >= 11 is 0. The fourth-order valence-electron chi connectivity index (χ4n) is 8.33. The van der Waals surface area contributed by atoms with Crippen molar-refractivity contribution in [2.75, 3.05) is 4.90 Å². The number of furan rings is 1. The number of fused-ring (bicyclic) bond motifs is 9. The van der Waals surface area contributed by atoms with Crippen LogP contribution in [0.15, 0.2) is 199 Å². The third-order valence-corrected chi connectivity index (χ3v) is 10.8. The minimum absolute atomic E-state index is 0.871. The maximum absolute atomic E-state index is 6.41. The Balaban J connectivity index is 1.11. The summed E-state index contributed by atoms with van der Waals surface area (Å²) < 4.78 is 8.81. The Kier molecular flexibility index (Phi) is 6.55. The van der Waals surface area contributed by atoms with Crippen LogP contribution < -0.4 is 4.90 Å². The molecule has 11 aromatic rings. The van der Waals surface area contributed by atoms with Crippen LogP contribution in [-0.4, -0.2) is 4.57 Å². The summed E-state index contributed by atoms with van der Waals surface area (Å²) in [6, 6.07) is 69.8. The molecule has 0 bridgehead atoms. The first-order valence-corrected chi connectivity index (χ1v) is 18.1. The Morgan fingerprint density at radius 1 is 0.377 bits per heavy atom. The molecule has 53 heavy (non-hydrogen) atoms. The van der Waals surface area contributed by atoms with Gasteiger partial charge in [0.25, 0.3) is 0 Å². The highest BCUT2D eigenvalue weighted by Crippen LogP contribution is 2.42. The Hall–Kier alpha value is -7.10. The van der Waals surface area contributed by atoms with E-state index in [1.54, 1.807) is 0 Å². The van der Waals surface area contributed by atoms with E-state index in [1.807, 2.05) is 12.1 Å². The van der Waals surface area contributed by atoms with E-state index in [0.29, 0.717) is 0 Å². The van der Waals surface area contributed by atoms with Gasteiger partial charge in [-0.2, -0.15) is 0 Å². The van der Waals surface area contributed by atoms with Gasteiger partial charge in [0.05, 0.1) is 11.0 Å². The van der Waals surface area contributed by atoms with Gasteiger partial charge in [0.1, 0.15) is 11.2 Å². The molecular formula is C50H32N2O. The molecule has 0 N–H and O–H groups in total. The van der Waals surface area contributed by atoms with Gasteiger partial charge in [0.15, 0.2) is 0 Å². The molecule has 2 aromatic heterocycles. The predicted molar refractivity (Wildman–Crippen MR) is 223 cm³/mol. The maximum atomic E-state index is 6.41. The van der Waals surface area contributed by atoms with Crippen molar-refractivity contribution < 1.29 is 4.42 Å². The normalized spacial score (nSPS) is 11.8. The minimum atomic E-state index is 0.871. The summed E-state index contributed by atoms with van der Waals surface area (Å²) in [6.45, 7) is 0. The van der Waals surface area contributed by atoms with Gasteiger partial charge in [0.2, 0.25) is 0 Å². The smallest absolute Gasteiger partial charge is 0.137 e. The van der Waals surface area contributed by atoms with E-state index < -0.39 is 0 Å². The second-order valence-corrected chi connectivity index (χ2v) is 13.7. The van der Waals surface area contributed by atoms with Crippen molar-refractivity contribution in [3.63, 3.8) is 0 Å². The molecule has 11 rings (SSSR count). The molecule has 0 fully saturated rings. The predicted octanol–water partition coefficient (Wildman–Crippen LogP) is 14.1. The summed E-state index contributed by atoms with van der Waals surface area (Å²) in [4.78, 5) is 2.34. The number of nitrogens with zero attached hydrogens (tertiary/aromatic N) is 2. The highest BCUT2D eigenvalue weighted by Gasteiger charge is 2.19. The zero-order valence-electron chi connectivity index (χ0n) is 28.8. The van der Waals surface area contributed by atoms with E-state index in [1.165, 1.54) is 54.5 Å². The first-order valence-electron chi connectivity index (χ1n) is 18.1. The van der Waals surface area contributed by atoms with Crippen LogP contribution in [0.4, 0.5) is 17.1 Å². The number of hydrogen-bond donors (Lipinski definition) is 0. The molecule has 3 nitrogen and oxygen atoms in total. The van der Waals surface area contributed by atoms with Crippen molar-refractivity contribution in [1.29, 1.82) is 0 Å². The van der Waals surface area contributed by atoms with Crippen LogP contribution in [0, 0.1) is 0 Å². The van der Waals surface area contributed by atoms with E-state index in [-0.39, 0.29) is 0 Å². The Morgan fingerprint density at radius 3 is 1.89 bits per heavy atom. The van der Waals surface area contributed by atoms with Gasteiger partial charge >= 0.3 is 0 Å². The number of rotatable bonds is 5. The molecule has 248 valence electrons. The van der Waals surface area contributed by atoms with Gasteiger partial charge in [-0.15, -0.1) is 0 Å². The van der Waals surface area contributed by atoms with Crippen LogP contribution in [-0.2, 0) is 0 Å². The molecule has 0 saturated heterocycles. The SMILES string of the molecule is c1ccc(-n2c3ccccc3c3ccc4cc(N(c5ccc(-c6cccc7ccccc67)cc5)c5ccc6c(c5)oc5ccccc56)ccc4c32)cc1. The zero-order chi connectivity index (χ0) is 34.9. The molecule has 0 aliphatic carbocycles. The molecule has 0 amide bonds. The van der Waals surface area contributed by atoms with Crippen LogP contribution in [0.3, 0.4) is 0 Å². The third-order valence-electron chi connectivity index (χ3n) is 10.8. The fraction of sp³-hybridized carbons (Fsp3) is 0. The average Bonchev–Trinajstić information content (AvgIpc) is 3.77. The van der Waals surface area contributed by atoms with Gasteiger partial charge in [-0.1, -0.05) is 127 Å². The molecule has 0 aliphatic rings. The molecule has 0 atom stereocenters. The third kappa shape index (κ3) is 4.68. The number of aromatic nitrogens is 1. The lowest BCUT2D eigenvalue weighted by Gasteiger charge is -2.26. The van der Waals surface area contributed by atoms with Crippen LogP contribution in [0.1, 0.15) is 0 Å². The Labute approximate surface area is 306 Å². The molecule has 2 heterocycles. The van der Waals surface area contributed by atoms with Crippen LogP contribution in [0.2, 0.25) is 0 Å². The summed E-state index contributed by atoms with van der Waals surface area (Å²) in [5.41, 5.74) is 11.0. The lowest BCUT2D eigenvalue weighted by molar-refractivity contribution is 0.669. The number of para-hydroxylation sites is 3. The molecule has 9 aromatic carbocycles. The highest BCUT2D eigenvalue weighted by molar-refractivity contribution is 6.19. The van der Waals surface area contributed by atoms with Crippen molar-refractivity contribution in [2.45, 2.75) is 0 Å². The first-order chi connectivity index (χ1) is 26.3. The summed E-state index contributed by atoms with van der Waals surface area (Å²) in [7, 11) is 0. The van der Waals surface area contributed by atoms with Crippen LogP contribution >= 0.6 is 0 Å². The Bertz CT molecular complexity index is 3160. The van der Waals surface area contributed by atoms with Crippen molar-refractivity contribution in [3.05, 3.63) is 194 Å². The highest BCUT2D eigenvalue weighted by atomic mass is 16.3. The molecular weight excluding hydrogens is 645 g/mol. The second-order valence-electron chi connectivity index (χ2n) is 13.7. The molecule has 0 unspecified atom stereocenters. The fourth-order valence-corrected chi connectivity index (χ4v) is 8.33. The molecule has 0 saturated carbocycles. The second kappa shape index (κ2) is 11.7. The molecule has 0 spiro atoms. The van der Waals surface area contributed by atoms with Crippen molar-refractivity contribution in [2.24, 2.45) is 0 Å². The van der Waals surface area contributed by atoms with E-state index in [4.69, 9.17) is 4.42 Å². The monoisotopic (exact) mass is 676 g/mol. The van der Waals surface area contributed by atoms with Crippen molar-refractivity contribution >= 4 is 82.4 Å². The van der Waals surface area contributed by atoms with Crippen LogP contribution in [0.5, 0.6) is 0 Å². The van der Waals surface area contributed by atoms with Crippen molar-refractivity contribution in [3.8, 4) is 16.8 Å². The van der Waals surface area contributed by atoms with Gasteiger partial charge in [0, 0.05) is 55.7 Å². The summed E-state index contributed by atoms with van der Waals surface area (Å²) in [5, 5.41) is 9.64. The molecule has 0 radical (unpaired) electrons. The minimum Gasteiger partial charge on any atom is -0.456 e. The molecule has 3 heteroatoms. The lowest BCUT2D eigenvalue weighted by Crippen LogP contribution is -2.10. The van der Waals surface area contributed by atoms with Gasteiger partial charge in [-0.3, -0.25) is 0 Å². The summed E-state index contributed by atoms with van der Waals surface area (Å²) in [6.07, 6.45) is 0. The first kappa shape index (κ1) is 29.6. The largest absolute Gasteiger partial charge is 0.456 e. The average molecular weight is 677 g/mol. The zero-order valence-corrected chi connectivity index (χ0v) is 28.8. The van der Waals surface area contributed by atoms with E-state index in [2.05, 4.69) is 191 Å². The van der Waals surface area contributed by atoms with Gasteiger partial charge in [-0.05, 0) is 87.9 Å². The maximum Gasteiger partial charge on any atom is 0.137 e. The Morgan fingerprint density at radius 2 is 1.02 bits per heavy atom. The number of anilines is 3. The van der Waals surface area contributed by atoms with E-state index in [9.17, 15) is 0 Å². The van der Waals surface area contributed by atoms with Crippen LogP contribution in [0.25, 0.3) is 82.1 Å². The van der Waals surface area contributed by atoms with E-state index >= 15 is 0 Å². The number of hydrogen-bond acceptors (Lipinski definition) is 2. The van der Waals surface area contributed by atoms with Gasteiger partial charge in [-0.25, -0.2) is 0 Å². The van der Waals surface area contributed by atoms with Gasteiger partial charge < -0.3 is 13.9 Å².